The normalized spacial score (nSPS) is 16.5. The molecule has 2 aromatic carbocycles. The van der Waals surface area contributed by atoms with Crippen molar-refractivity contribution in [1.29, 1.82) is 0 Å². The van der Waals surface area contributed by atoms with Crippen LogP contribution in [-0.4, -0.2) is 11.8 Å². The van der Waals surface area contributed by atoms with Crippen LogP contribution in [-0.2, 0) is 6.54 Å². The SMILES string of the molecule is O=C(NCc1cccc(F)c1)NC1CCSc2c(F)cccc21. The van der Waals surface area contributed by atoms with Crippen molar-refractivity contribution in [3.63, 3.8) is 0 Å². The molecule has 0 bridgehead atoms. The quantitative estimate of drug-likeness (QED) is 0.891. The fourth-order valence-corrected chi connectivity index (χ4v) is 3.72. The Bertz CT molecular complexity index is 723. The van der Waals surface area contributed by atoms with Crippen molar-refractivity contribution in [3.05, 3.63) is 65.2 Å². The minimum atomic E-state index is -0.346. The second kappa shape index (κ2) is 7.00. The van der Waals surface area contributed by atoms with Gasteiger partial charge in [-0.25, -0.2) is 13.6 Å². The van der Waals surface area contributed by atoms with Crippen molar-refractivity contribution in [3.8, 4) is 0 Å². The molecule has 0 aliphatic carbocycles. The number of hydrogen-bond acceptors (Lipinski definition) is 2. The first-order valence-electron chi connectivity index (χ1n) is 7.33. The highest BCUT2D eigenvalue weighted by molar-refractivity contribution is 7.99. The molecular formula is C17H16F2N2OS. The lowest BCUT2D eigenvalue weighted by Gasteiger charge is -2.26. The number of halogens is 2. The monoisotopic (exact) mass is 334 g/mol. The van der Waals surface area contributed by atoms with Gasteiger partial charge in [0.15, 0.2) is 0 Å². The van der Waals surface area contributed by atoms with Crippen LogP contribution in [0.5, 0.6) is 0 Å². The molecule has 3 nitrogen and oxygen atoms in total. The average Bonchev–Trinajstić information content (AvgIpc) is 2.54. The van der Waals surface area contributed by atoms with Crippen molar-refractivity contribution in [2.75, 3.05) is 5.75 Å². The topological polar surface area (TPSA) is 41.1 Å². The Morgan fingerprint density at radius 3 is 2.87 bits per heavy atom. The number of hydrogen-bond donors (Lipinski definition) is 2. The highest BCUT2D eigenvalue weighted by atomic mass is 32.2. The van der Waals surface area contributed by atoms with E-state index in [0.717, 1.165) is 17.7 Å². The van der Waals surface area contributed by atoms with Crippen LogP contribution < -0.4 is 10.6 Å². The maximum Gasteiger partial charge on any atom is 0.315 e. The van der Waals surface area contributed by atoms with Crippen LogP contribution in [0.1, 0.15) is 23.6 Å². The van der Waals surface area contributed by atoms with Gasteiger partial charge in [0.05, 0.1) is 6.04 Å². The molecule has 0 saturated carbocycles. The Balaban J connectivity index is 1.62. The van der Waals surface area contributed by atoms with E-state index in [-0.39, 0.29) is 30.3 Å². The third-order valence-electron chi connectivity index (χ3n) is 3.67. The van der Waals surface area contributed by atoms with E-state index in [9.17, 15) is 13.6 Å². The molecule has 2 N–H and O–H groups in total. The van der Waals surface area contributed by atoms with Gasteiger partial charge in [0, 0.05) is 17.2 Å². The van der Waals surface area contributed by atoms with Crippen molar-refractivity contribution in [2.45, 2.75) is 23.9 Å². The van der Waals surface area contributed by atoms with Crippen molar-refractivity contribution in [1.82, 2.24) is 10.6 Å². The molecule has 0 fully saturated rings. The van der Waals surface area contributed by atoms with Crippen LogP contribution in [0.3, 0.4) is 0 Å². The van der Waals surface area contributed by atoms with Crippen LogP contribution in [0.4, 0.5) is 13.6 Å². The van der Waals surface area contributed by atoms with E-state index in [4.69, 9.17) is 0 Å². The summed E-state index contributed by atoms with van der Waals surface area (Å²) in [6.07, 6.45) is 0.745. The summed E-state index contributed by atoms with van der Waals surface area (Å²) < 4.78 is 26.9. The number of amides is 2. The molecule has 1 unspecified atom stereocenters. The van der Waals surface area contributed by atoms with Crippen LogP contribution in [0, 0.1) is 11.6 Å². The third kappa shape index (κ3) is 3.82. The molecule has 0 saturated heterocycles. The lowest BCUT2D eigenvalue weighted by atomic mass is 10.0. The van der Waals surface area contributed by atoms with Crippen LogP contribution >= 0.6 is 11.8 Å². The largest absolute Gasteiger partial charge is 0.334 e. The molecule has 3 rings (SSSR count). The number of nitrogens with one attached hydrogen (secondary N) is 2. The number of rotatable bonds is 3. The maximum atomic E-state index is 13.8. The molecule has 120 valence electrons. The zero-order valence-electron chi connectivity index (χ0n) is 12.3. The van der Waals surface area contributed by atoms with Gasteiger partial charge in [-0.15, -0.1) is 11.8 Å². The highest BCUT2D eigenvalue weighted by Gasteiger charge is 2.24. The number of benzene rings is 2. The van der Waals surface area contributed by atoms with Gasteiger partial charge in [0.25, 0.3) is 0 Å². The first kappa shape index (κ1) is 15.8. The number of urea groups is 1. The molecule has 23 heavy (non-hydrogen) atoms. The molecule has 1 heterocycles. The Hall–Kier alpha value is -2.08. The maximum absolute atomic E-state index is 13.8. The first-order chi connectivity index (χ1) is 11.1. The van der Waals surface area contributed by atoms with Gasteiger partial charge in [0.2, 0.25) is 0 Å². The molecule has 2 aromatic rings. The molecule has 0 spiro atoms. The summed E-state index contributed by atoms with van der Waals surface area (Å²) in [5.74, 6) is 0.167. The Labute approximate surface area is 137 Å². The number of fused-ring (bicyclic) bond motifs is 1. The summed E-state index contributed by atoms with van der Waals surface area (Å²) in [5, 5.41) is 5.56. The number of thioether (sulfide) groups is 1. The fraction of sp³-hybridized carbons (Fsp3) is 0.235. The predicted molar refractivity (Wildman–Crippen MR) is 86.3 cm³/mol. The van der Waals surface area contributed by atoms with E-state index < -0.39 is 0 Å². The summed E-state index contributed by atoms with van der Waals surface area (Å²) in [5.41, 5.74) is 1.49. The smallest absolute Gasteiger partial charge is 0.315 e. The highest BCUT2D eigenvalue weighted by Crippen LogP contribution is 2.37. The minimum absolute atomic E-state index is 0.213. The van der Waals surface area contributed by atoms with Gasteiger partial charge >= 0.3 is 6.03 Å². The average molecular weight is 334 g/mol. The van der Waals surface area contributed by atoms with Crippen molar-refractivity contribution >= 4 is 17.8 Å². The van der Waals surface area contributed by atoms with Gasteiger partial charge in [-0.05, 0) is 35.7 Å². The molecule has 2 amide bonds. The van der Waals surface area contributed by atoms with E-state index in [1.54, 1.807) is 18.2 Å². The molecule has 0 aromatic heterocycles. The third-order valence-corrected chi connectivity index (χ3v) is 4.83. The Kier molecular flexibility index (Phi) is 4.81. The van der Waals surface area contributed by atoms with Gasteiger partial charge in [-0.1, -0.05) is 24.3 Å². The molecule has 6 heteroatoms. The summed E-state index contributed by atoms with van der Waals surface area (Å²) >= 11 is 1.47. The predicted octanol–water partition coefficient (Wildman–Crippen LogP) is 4.00. The second-order valence-electron chi connectivity index (χ2n) is 5.30. The van der Waals surface area contributed by atoms with E-state index in [1.807, 2.05) is 6.07 Å². The van der Waals surface area contributed by atoms with E-state index in [2.05, 4.69) is 10.6 Å². The lowest BCUT2D eigenvalue weighted by Crippen LogP contribution is -2.38. The zero-order valence-corrected chi connectivity index (χ0v) is 13.1. The van der Waals surface area contributed by atoms with E-state index in [0.29, 0.717) is 10.5 Å². The van der Waals surface area contributed by atoms with Crippen LogP contribution in [0.2, 0.25) is 0 Å². The summed E-state index contributed by atoms with van der Waals surface area (Å²) in [6, 6.07) is 10.4. The lowest BCUT2D eigenvalue weighted by molar-refractivity contribution is 0.236. The van der Waals surface area contributed by atoms with Gasteiger partial charge < -0.3 is 10.6 Å². The molecule has 1 aliphatic rings. The standard InChI is InChI=1S/C17H16F2N2OS/c18-12-4-1-3-11(9-12)10-20-17(22)21-15-7-8-23-16-13(15)5-2-6-14(16)19/h1-6,9,15H,7-8,10H2,(H2,20,21,22). The molecule has 1 aliphatic heterocycles. The molecular weight excluding hydrogens is 318 g/mol. The second-order valence-corrected chi connectivity index (χ2v) is 6.41. The zero-order chi connectivity index (χ0) is 16.2. The Morgan fingerprint density at radius 1 is 1.22 bits per heavy atom. The van der Waals surface area contributed by atoms with Crippen molar-refractivity contribution in [2.24, 2.45) is 0 Å². The van der Waals surface area contributed by atoms with Gasteiger partial charge in [0.1, 0.15) is 11.6 Å². The minimum Gasteiger partial charge on any atom is -0.334 e. The molecule has 0 radical (unpaired) electrons. The van der Waals surface area contributed by atoms with Gasteiger partial charge in [-0.3, -0.25) is 0 Å². The number of carbonyl (C=O) groups is 1. The summed E-state index contributed by atoms with van der Waals surface area (Å²) in [4.78, 5) is 12.7. The van der Waals surface area contributed by atoms with E-state index >= 15 is 0 Å². The summed E-state index contributed by atoms with van der Waals surface area (Å²) in [7, 11) is 0. The van der Waals surface area contributed by atoms with E-state index in [1.165, 1.54) is 30.0 Å². The number of carbonyl (C=O) groups excluding carboxylic acids is 1. The van der Waals surface area contributed by atoms with Crippen LogP contribution in [0.15, 0.2) is 47.4 Å². The van der Waals surface area contributed by atoms with Crippen molar-refractivity contribution < 1.29 is 13.6 Å². The van der Waals surface area contributed by atoms with Crippen LogP contribution in [0.25, 0.3) is 0 Å². The first-order valence-corrected chi connectivity index (χ1v) is 8.32. The fourth-order valence-electron chi connectivity index (χ4n) is 2.58. The summed E-state index contributed by atoms with van der Waals surface area (Å²) in [6.45, 7) is 0.237. The Morgan fingerprint density at radius 2 is 2.04 bits per heavy atom. The molecule has 1 atom stereocenters. The van der Waals surface area contributed by atoms with Gasteiger partial charge in [-0.2, -0.15) is 0 Å².